The van der Waals surface area contributed by atoms with E-state index in [0.29, 0.717) is 42.2 Å². The fourth-order valence-corrected chi connectivity index (χ4v) is 5.98. The number of benzene rings is 2. The second-order valence-electron chi connectivity index (χ2n) is 11.2. The van der Waals surface area contributed by atoms with Crippen molar-refractivity contribution in [3.63, 3.8) is 0 Å². The molecule has 220 valence electrons. The molecule has 0 radical (unpaired) electrons. The van der Waals surface area contributed by atoms with Crippen molar-refractivity contribution in [2.45, 2.75) is 70.7 Å². The van der Waals surface area contributed by atoms with Crippen LogP contribution in [0.2, 0.25) is 0 Å². The summed E-state index contributed by atoms with van der Waals surface area (Å²) < 4.78 is 32.8. The Hall–Kier alpha value is -3.12. The first kappa shape index (κ1) is 29.4. The van der Waals surface area contributed by atoms with E-state index in [-0.39, 0.29) is 18.2 Å². The van der Waals surface area contributed by atoms with Crippen LogP contribution in [0.5, 0.6) is 0 Å². The molecule has 0 aliphatic carbocycles. The zero-order valence-corrected chi connectivity index (χ0v) is 24.4. The summed E-state index contributed by atoms with van der Waals surface area (Å²) >= 11 is 0. The number of halogens is 1. The Morgan fingerprint density at radius 3 is 2.37 bits per heavy atom. The molecule has 8 heteroatoms. The number of hydrogen-bond acceptors (Lipinski definition) is 6. The fourth-order valence-electron chi connectivity index (χ4n) is 5.98. The number of piperidine rings is 1. The van der Waals surface area contributed by atoms with Crippen molar-refractivity contribution in [1.82, 2.24) is 4.98 Å². The summed E-state index contributed by atoms with van der Waals surface area (Å²) in [5, 5.41) is 9.75. The lowest BCUT2D eigenvalue weighted by Crippen LogP contribution is -2.49. The normalized spacial score (nSPS) is 18.4. The Balaban J connectivity index is 1.19. The van der Waals surface area contributed by atoms with Crippen LogP contribution in [0.25, 0.3) is 10.9 Å². The third-order valence-electron chi connectivity index (χ3n) is 8.41. The van der Waals surface area contributed by atoms with E-state index >= 15 is 0 Å². The minimum atomic E-state index is -0.355. The van der Waals surface area contributed by atoms with Crippen LogP contribution < -0.4 is 9.80 Å². The van der Waals surface area contributed by atoms with Gasteiger partial charge < -0.3 is 29.0 Å². The Morgan fingerprint density at radius 1 is 1.00 bits per heavy atom. The Kier molecular flexibility index (Phi) is 10.2. The SMILES string of the molecule is CCCCOC(OCCCC)C1CN(c2ccc(C3CCN(c4ccc(F)c5c(C#N)c[nH]c45)CC3)cc2)CCO1. The fraction of sp³-hybridized carbons (Fsp3) is 0.545. The van der Waals surface area contributed by atoms with Crippen LogP contribution in [-0.4, -0.2) is 63.4 Å². The van der Waals surface area contributed by atoms with Crippen molar-refractivity contribution < 1.29 is 18.6 Å². The predicted octanol–water partition coefficient (Wildman–Crippen LogP) is 6.73. The minimum Gasteiger partial charge on any atom is -0.370 e. The molecule has 1 N–H and O–H groups in total. The van der Waals surface area contributed by atoms with Gasteiger partial charge in [0, 0.05) is 51.3 Å². The number of nitriles is 1. The van der Waals surface area contributed by atoms with Gasteiger partial charge in [-0.25, -0.2) is 4.39 Å². The number of unbranched alkanes of at least 4 members (excludes halogenated alkanes) is 2. The maximum Gasteiger partial charge on any atom is 0.185 e. The van der Waals surface area contributed by atoms with Gasteiger partial charge in [-0.05, 0) is 61.4 Å². The van der Waals surface area contributed by atoms with Crippen LogP contribution in [0.3, 0.4) is 0 Å². The van der Waals surface area contributed by atoms with Crippen LogP contribution in [0, 0.1) is 17.1 Å². The first-order chi connectivity index (χ1) is 20.1. The van der Waals surface area contributed by atoms with E-state index in [1.54, 1.807) is 6.20 Å². The van der Waals surface area contributed by atoms with Crippen molar-refractivity contribution in [3.05, 3.63) is 59.5 Å². The van der Waals surface area contributed by atoms with Gasteiger partial charge in [0.05, 0.1) is 28.8 Å². The van der Waals surface area contributed by atoms with Gasteiger partial charge in [-0.15, -0.1) is 0 Å². The topological polar surface area (TPSA) is 73.8 Å². The van der Waals surface area contributed by atoms with Crippen LogP contribution in [0.4, 0.5) is 15.8 Å². The van der Waals surface area contributed by atoms with E-state index in [1.165, 1.54) is 17.3 Å². The second-order valence-corrected chi connectivity index (χ2v) is 11.2. The molecule has 2 aliphatic heterocycles. The van der Waals surface area contributed by atoms with E-state index in [0.717, 1.165) is 70.4 Å². The van der Waals surface area contributed by atoms with Gasteiger partial charge in [-0.3, -0.25) is 0 Å². The van der Waals surface area contributed by atoms with E-state index in [2.05, 4.69) is 59.0 Å². The summed E-state index contributed by atoms with van der Waals surface area (Å²) in [5.74, 6) is 0.127. The number of ether oxygens (including phenoxy) is 3. The molecule has 0 spiro atoms. The monoisotopic (exact) mass is 562 g/mol. The lowest BCUT2D eigenvalue weighted by molar-refractivity contribution is -0.209. The van der Waals surface area contributed by atoms with Crippen LogP contribution in [-0.2, 0) is 14.2 Å². The highest BCUT2D eigenvalue weighted by atomic mass is 19.1. The highest BCUT2D eigenvalue weighted by Gasteiger charge is 2.30. The smallest absolute Gasteiger partial charge is 0.185 e. The lowest BCUT2D eigenvalue weighted by atomic mass is 9.89. The summed E-state index contributed by atoms with van der Waals surface area (Å²) in [6.07, 6.45) is 7.43. The number of hydrogen-bond donors (Lipinski definition) is 1. The number of nitrogens with one attached hydrogen (secondary N) is 1. The molecule has 3 aromatic rings. The molecule has 0 saturated carbocycles. The molecule has 2 saturated heterocycles. The van der Waals surface area contributed by atoms with Gasteiger partial charge >= 0.3 is 0 Å². The maximum absolute atomic E-state index is 14.4. The zero-order valence-electron chi connectivity index (χ0n) is 24.4. The Labute approximate surface area is 243 Å². The van der Waals surface area contributed by atoms with Gasteiger partial charge in [0.25, 0.3) is 0 Å². The molecule has 5 rings (SSSR count). The number of nitrogens with zero attached hydrogens (tertiary/aromatic N) is 3. The highest BCUT2D eigenvalue weighted by molar-refractivity contribution is 5.95. The number of anilines is 2. The number of morpholine rings is 1. The summed E-state index contributed by atoms with van der Waals surface area (Å²) in [5.41, 5.74) is 4.59. The van der Waals surface area contributed by atoms with Crippen molar-refractivity contribution in [1.29, 1.82) is 5.26 Å². The number of fused-ring (bicyclic) bond motifs is 1. The lowest BCUT2D eigenvalue weighted by Gasteiger charge is -2.38. The number of rotatable bonds is 12. The van der Waals surface area contributed by atoms with Gasteiger partial charge in [0.15, 0.2) is 6.29 Å². The first-order valence-corrected chi connectivity index (χ1v) is 15.3. The second kappa shape index (κ2) is 14.2. The van der Waals surface area contributed by atoms with E-state index < -0.39 is 0 Å². The predicted molar refractivity (Wildman–Crippen MR) is 161 cm³/mol. The molecule has 1 atom stereocenters. The summed E-state index contributed by atoms with van der Waals surface area (Å²) in [4.78, 5) is 7.81. The molecule has 2 aliphatic rings. The average molecular weight is 563 g/mol. The quantitative estimate of drug-likeness (QED) is 0.195. The van der Waals surface area contributed by atoms with Crippen molar-refractivity contribution >= 4 is 22.3 Å². The summed E-state index contributed by atoms with van der Waals surface area (Å²) in [6, 6.07) is 14.4. The van der Waals surface area contributed by atoms with Crippen molar-refractivity contribution in [2.75, 3.05) is 55.8 Å². The molecule has 0 amide bonds. The van der Waals surface area contributed by atoms with Crippen LogP contribution >= 0.6 is 0 Å². The molecule has 2 fully saturated rings. The van der Waals surface area contributed by atoms with Crippen LogP contribution in [0.1, 0.15) is 69.4 Å². The molecular weight excluding hydrogens is 519 g/mol. The third-order valence-corrected chi connectivity index (χ3v) is 8.41. The number of H-pyrrole nitrogens is 1. The molecule has 1 aromatic heterocycles. The summed E-state index contributed by atoms with van der Waals surface area (Å²) in [6.45, 7) is 9.75. The van der Waals surface area contributed by atoms with E-state index in [4.69, 9.17) is 14.2 Å². The molecule has 41 heavy (non-hydrogen) atoms. The standard InChI is InChI=1S/C33H43FN4O3/c1-3-5-18-40-33(41-19-6-4-2)30-23-38(17-20-39-30)27-9-7-24(8-10-27)25-13-15-37(16-14-25)29-12-11-28(34)31-26(21-35)22-36-32(29)31/h7-12,22,25,30,33,36H,3-6,13-20,23H2,1-2H3. The average Bonchev–Trinajstić information content (AvgIpc) is 3.46. The first-order valence-electron chi connectivity index (χ1n) is 15.3. The molecule has 3 heterocycles. The largest absolute Gasteiger partial charge is 0.370 e. The highest BCUT2D eigenvalue weighted by Crippen LogP contribution is 2.36. The molecule has 7 nitrogen and oxygen atoms in total. The van der Waals surface area contributed by atoms with Crippen molar-refractivity contribution in [2.24, 2.45) is 0 Å². The van der Waals surface area contributed by atoms with E-state index in [9.17, 15) is 9.65 Å². The summed E-state index contributed by atoms with van der Waals surface area (Å²) in [7, 11) is 0. The number of aromatic nitrogens is 1. The van der Waals surface area contributed by atoms with Gasteiger partial charge in [-0.2, -0.15) is 5.26 Å². The number of aromatic amines is 1. The molecule has 1 unspecified atom stereocenters. The minimum absolute atomic E-state index is 0.108. The van der Waals surface area contributed by atoms with E-state index in [1.807, 2.05) is 6.07 Å². The molecule has 0 bridgehead atoms. The van der Waals surface area contributed by atoms with Gasteiger partial charge in [0.1, 0.15) is 18.0 Å². The molecular formula is C33H43FN4O3. The maximum atomic E-state index is 14.4. The van der Waals surface area contributed by atoms with Crippen molar-refractivity contribution in [3.8, 4) is 6.07 Å². The van der Waals surface area contributed by atoms with Gasteiger partial charge in [0.2, 0.25) is 0 Å². The van der Waals surface area contributed by atoms with Crippen LogP contribution in [0.15, 0.2) is 42.6 Å². The third kappa shape index (κ3) is 6.86. The zero-order chi connectivity index (χ0) is 28.6. The molecule has 2 aromatic carbocycles. The van der Waals surface area contributed by atoms with Gasteiger partial charge in [-0.1, -0.05) is 38.8 Å². The Bertz CT molecular complexity index is 1290. The Morgan fingerprint density at radius 2 is 1.71 bits per heavy atom.